The first kappa shape index (κ1) is 14.5. The van der Waals surface area contributed by atoms with Crippen LogP contribution in [0.1, 0.15) is 17.0 Å². The third-order valence-electron chi connectivity index (χ3n) is 2.65. The number of carbonyl (C=O) groups excluding carboxylic acids is 1. The third kappa shape index (κ3) is 3.82. The summed E-state index contributed by atoms with van der Waals surface area (Å²) in [7, 11) is 1.38. The first-order valence-electron chi connectivity index (χ1n) is 6.01. The van der Waals surface area contributed by atoms with Gasteiger partial charge < -0.3 is 14.9 Å². The number of rotatable bonds is 6. The van der Waals surface area contributed by atoms with Crippen LogP contribution in [-0.2, 0) is 28.2 Å². The van der Waals surface area contributed by atoms with Gasteiger partial charge in [-0.2, -0.15) is 0 Å². The number of hydrogen-bond acceptors (Lipinski definition) is 7. The van der Waals surface area contributed by atoms with E-state index in [1.54, 1.807) is 0 Å². The Bertz CT molecular complexity index is 586. The van der Waals surface area contributed by atoms with E-state index >= 15 is 0 Å². The molecule has 7 heteroatoms. The Balaban J connectivity index is 2.03. The van der Waals surface area contributed by atoms with Gasteiger partial charge in [0.1, 0.15) is 0 Å². The topological polar surface area (TPSA) is 91.2 Å². The molecule has 0 fully saturated rings. The fourth-order valence-corrected chi connectivity index (χ4v) is 2.43. The lowest BCUT2D eigenvalue weighted by Gasteiger charge is -2.06. The van der Waals surface area contributed by atoms with Gasteiger partial charge in [0.2, 0.25) is 5.89 Å². The van der Waals surface area contributed by atoms with Gasteiger partial charge in [-0.25, -0.2) is 0 Å². The summed E-state index contributed by atoms with van der Waals surface area (Å²) in [5.74, 6) is 0.792. The Morgan fingerprint density at radius 3 is 2.75 bits per heavy atom. The van der Waals surface area contributed by atoms with Crippen molar-refractivity contribution in [3.8, 4) is 0 Å². The van der Waals surface area contributed by atoms with Crippen molar-refractivity contribution in [2.24, 2.45) is 5.73 Å². The molecule has 1 heterocycles. The predicted octanol–water partition coefficient (Wildman–Crippen LogP) is 1.54. The molecule has 2 aromatic rings. The van der Waals surface area contributed by atoms with Crippen LogP contribution in [0.3, 0.4) is 0 Å². The fraction of sp³-hybridized carbons (Fsp3) is 0.308. The molecule has 0 unspecified atom stereocenters. The van der Waals surface area contributed by atoms with E-state index in [1.807, 2.05) is 24.3 Å². The van der Waals surface area contributed by atoms with Crippen molar-refractivity contribution < 1.29 is 13.9 Å². The highest BCUT2D eigenvalue weighted by molar-refractivity contribution is 7.98. The predicted molar refractivity (Wildman–Crippen MR) is 73.9 cm³/mol. The standard InChI is InChI=1S/C13H15N3O3S/c1-18-12(17)6-9-4-2-3-5-10(9)8-20-13-16-15-11(7-14)19-13/h2-5H,6-8,14H2,1H3. The van der Waals surface area contributed by atoms with E-state index in [1.165, 1.54) is 18.9 Å². The van der Waals surface area contributed by atoms with Gasteiger partial charge in [0.05, 0.1) is 20.1 Å². The maximum Gasteiger partial charge on any atom is 0.309 e. The van der Waals surface area contributed by atoms with E-state index in [0.29, 0.717) is 16.9 Å². The van der Waals surface area contributed by atoms with Crippen molar-refractivity contribution in [2.45, 2.75) is 23.9 Å². The monoisotopic (exact) mass is 293 g/mol. The Kier molecular flexibility index (Phi) is 5.14. The van der Waals surface area contributed by atoms with Crippen LogP contribution in [0, 0.1) is 0 Å². The summed E-state index contributed by atoms with van der Waals surface area (Å²) in [6.45, 7) is 0.229. The minimum atomic E-state index is -0.259. The normalized spacial score (nSPS) is 10.5. The highest BCUT2D eigenvalue weighted by Crippen LogP contribution is 2.23. The van der Waals surface area contributed by atoms with Crippen LogP contribution in [-0.4, -0.2) is 23.3 Å². The molecule has 0 amide bonds. The van der Waals surface area contributed by atoms with Crippen molar-refractivity contribution >= 4 is 17.7 Å². The van der Waals surface area contributed by atoms with E-state index in [2.05, 4.69) is 14.9 Å². The molecule has 0 aliphatic heterocycles. The number of methoxy groups -OCH3 is 1. The number of benzene rings is 1. The molecule has 0 spiro atoms. The zero-order valence-electron chi connectivity index (χ0n) is 11.0. The van der Waals surface area contributed by atoms with Crippen LogP contribution in [0.25, 0.3) is 0 Å². The van der Waals surface area contributed by atoms with Gasteiger partial charge in [0.15, 0.2) is 0 Å². The molecule has 0 saturated carbocycles. The Labute approximate surface area is 120 Å². The van der Waals surface area contributed by atoms with Crippen LogP contribution in [0.5, 0.6) is 0 Å². The molecule has 2 N–H and O–H groups in total. The number of nitrogens with zero attached hydrogens (tertiary/aromatic N) is 2. The van der Waals surface area contributed by atoms with Gasteiger partial charge in [-0.15, -0.1) is 10.2 Å². The molecule has 6 nitrogen and oxygen atoms in total. The average Bonchev–Trinajstić information content (AvgIpc) is 2.94. The molecule has 0 aliphatic carbocycles. The second kappa shape index (κ2) is 7.06. The molecule has 1 aromatic heterocycles. The average molecular weight is 293 g/mol. The van der Waals surface area contributed by atoms with Gasteiger partial charge in [0, 0.05) is 5.75 Å². The summed E-state index contributed by atoms with van der Waals surface area (Å²) in [6.07, 6.45) is 0.255. The summed E-state index contributed by atoms with van der Waals surface area (Å²) < 4.78 is 10.0. The number of esters is 1. The quantitative estimate of drug-likeness (QED) is 0.638. The van der Waals surface area contributed by atoms with Gasteiger partial charge in [-0.05, 0) is 11.1 Å². The number of carbonyl (C=O) groups is 1. The highest BCUT2D eigenvalue weighted by atomic mass is 32.2. The molecule has 2 rings (SSSR count). The summed E-state index contributed by atoms with van der Waals surface area (Å²) in [5, 5.41) is 8.15. The molecule has 20 heavy (non-hydrogen) atoms. The Morgan fingerprint density at radius 1 is 1.35 bits per heavy atom. The second-order valence-corrected chi connectivity index (χ2v) is 4.90. The molecular formula is C13H15N3O3S. The summed E-state index contributed by atoms with van der Waals surface area (Å²) in [4.78, 5) is 11.4. The maximum absolute atomic E-state index is 11.4. The molecule has 0 saturated heterocycles. The van der Waals surface area contributed by atoms with Gasteiger partial charge in [-0.1, -0.05) is 36.0 Å². The lowest BCUT2D eigenvalue weighted by Crippen LogP contribution is -2.06. The van der Waals surface area contributed by atoms with E-state index in [4.69, 9.17) is 10.2 Å². The number of thioether (sulfide) groups is 1. The van der Waals surface area contributed by atoms with E-state index in [-0.39, 0.29) is 18.9 Å². The van der Waals surface area contributed by atoms with Crippen LogP contribution in [0.2, 0.25) is 0 Å². The number of nitrogens with two attached hydrogens (primary N) is 1. The molecule has 1 aromatic carbocycles. The van der Waals surface area contributed by atoms with Crippen LogP contribution < -0.4 is 5.73 Å². The zero-order valence-corrected chi connectivity index (χ0v) is 11.9. The van der Waals surface area contributed by atoms with Gasteiger partial charge in [-0.3, -0.25) is 4.79 Å². The van der Waals surface area contributed by atoms with Crippen molar-refractivity contribution in [3.63, 3.8) is 0 Å². The fourth-order valence-electron chi connectivity index (χ4n) is 1.62. The van der Waals surface area contributed by atoms with Crippen molar-refractivity contribution in [2.75, 3.05) is 7.11 Å². The lowest BCUT2D eigenvalue weighted by atomic mass is 10.1. The SMILES string of the molecule is COC(=O)Cc1ccccc1CSc1nnc(CN)o1. The smallest absolute Gasteiger partial charge is 0.309 e. The zero-order chi connectivity index (χ0) is 14.4. The van der Waals surface area contributed by atoms with Gasteiger partial charge >= 0.3 is 5.97 Å². The molecule has 0 atom stereocenters. The van der Waals surface area contributed by atoms with Crippen LogP contribution >= 0.6 is 11.8 Å². The molecular weight excluding hydrogens is 278 g/mol. The third-order valence-corrected chi connectivity index (χ3v) is 3.52. The highest BCUT2D eigenvalue weighted by Gasteiger charge is 2.10. The lowest BCUT2D eigenvalue weighted by molar-refractivity contribution is -0.139. The first-order chi connectivity index (χ1) is 9.72. The first-order valence-corrected chi connectivity index (χ1v) is 7.00. The van der Waals surface area contributed by atoms with Crippen LogP contribution in [0.15, 0.2) is 33.9 Å². The van der Waals surface area contributed by atoms with Crippen molar-refractivity contribution in [3.05, 3.63) is 41.3 Å². The minimum Gasteiger partial charge on any atom is -0.469 e. The Morgan fingerprint density at radius 2 is 2.10 bits per heavy atom. The molecule has 0 bridgehead atoms. The Hall–Kier alpha value is -1.86. The number of aromatic nitrogens is 2. The second-order valence-electron chi connectivity index (χ2n) is 3.98. The van der Waals surface area contributed by atoms with Crippen molar-refractivity contribution in [1.29, 1.82) is 0 Å². The minimum absolute atomic E-state index is 0.229. The van der Waals surface area contributed by atoms with Gasteiger partial charge in [0.25, 0.3) is 5.22 Å². The van der Waals surface area contributed by atoms with E-state index < -0.39 is 0 Å². The molecule has 106 valence electrons. The summed E-state index contributed by atoms with van der Waals surface area (Å²) >= 11 is 1.41. The number of hydrogen-bond donors (Lipinski definition) is 1. The molecule has 0 aliphatic rings. The van der Waals surface area contributed by atoms with Crippen molar-refractivity contribution in [1.82, 2.24) is 10.2 Å². The van der Waals surface area contributed by atoms with E-state index in [0.717, 1.165) is 11.1 Å². The maximum atomic E-state index is 11.4. The summed E-state index contributed by atoms with van der Waals surface area (Å²) in [6, 6.07) is 7.69. The van der Waals surface area contributed by atoms with E-state index in [9.17, 15) is 4.79 Å². The summed E-state index contributed by atoms with van der Waals surface area (Å²) in [5.41, 5.74) is 7.38. The molecule has 0 radical (unpaired) electrons. The number of ether oxygens (including phenoxy) is 1. The largest absolute Gasteiger partial charge is 0.469 e. The van der Waals surface area contributed by atoms with Crippen LogP contribution in [0.4, 0.5) is 0 Å².